The fourth-order valence-electron chi connectivity index (χ4n) is 9.40. The van der Waals surface area contributed by atoms with Crippen LogP contribution in [0.2, 0.25) is 0 Å². The minimum atomic E-state index is -0.119. The normalized spacial score (nSPS) is 12.7. The number of nitrogens with zero attached hydrogens (tertiary/aromatic N) is 2. The Balaban J connectivity index is 1.09. The van der Waals surface area contributed by atoms with Crippen molar-refractivity contribution in [3.05, 3.63) is 217 Å². The lowest BCUT2D eigenvalue weighted by Crippen LogP contribution is -2.14. The lowest BCUT2D eigenvalue weighted by Gasteiger charge is -2.22. The van der Waals surface area contributed by atoms with E-state index in [1.54, 1.807) is 0 Å². The lowest BCUT2D eigenvalue weighted by molar-refractivity contribution is 0.661. The Hall–Kier alpha value is -7.42. The van der Waals surface area contributed by atoms with Crippen LogP contribution in [0.1, 0.15) is 25.0 Å². The van der Waals surface area contributed by atoms with Crippen LogP contribution in [0.3, 0.4) is 0 Å². The zero-order valence-corrected chi connectivity index (χ0v) is 33.0. The van der Waals surface area contributed by atoms with Gasteiger partial charge in [-0.15, -0.1) is 0 Å². The SMILES string of the molecule is CC1(C)c2cccc(-c3ccc(-c4cc(-c5ccccc5-c5ccc(-c6ccccc6)cc5)nc(-c5ccccc5)n4)c4ccccc34)c2-c2c1ccc1ccccc21. The van der Waals surface area contributed by atoms with Crippen LogP contribution in [0.15, 0.2) is 206 Å². The Labute approximate surface area is 345 Å². The highest BCUT2D eigenvalue weighted by molar-refractivity contribution is 6.11. The van der Waals surface area contributed by atoms with Crippen molar-refractivity contribution in [2.45, 2.75) is 19.3 Å². The molecule has 59 heavy (non-hydrogen) atoms. The average molecular weight is 753 g/mol. The highest BCUT2D eigenvalue weighted by atomic mass is 14.9. The molecule has 1 aromatic heterocycles. The van der Waals surface area contributed by atoms with Gasteiger partial charge in [-0.2, -0.15) is 0 Å². The van der Waals surface area contributed by atoms with Crippen LogP contribution in [-0.4, -0.2) is 9.97 Å². The molecule has 9 aromatic carbocycles. The Morgan fingerprint density at radius 1 is 0.322 bits per heavy atom. The molecular weight excluding hydrogens is 713 g/mol. The van der Waals surface area contributed by atoms with Crippen LogP contribution in [-0.2, 0) is 5.41 Å². The van der Waals surface area contributed by atoms with Gasteiger partial charge in [0.25, 0.3) is 0 Å². The molecule has 0 unspecified atom stereocenters. The molecule has 0 saturated carbocycles. The Morgan fingerprint density at radius 2 is 0.847 bits per heavy atom. The molecule has 0 atom stereocenters. The van der Waals surface area contributed by atoms with E-state index in [0.717, 1.165) is 44.6 Å². The summed E-state index contributed by atoms with van der Waals surface area (Å²) in [7, 11) is 0. The summed E-state index contributed by atoms with van der Waals surface area (Å²) in [5, 5.41) is 4.93. The number of hydrogen-bond acceptors (Lipinski definition) is 2. The second-order valence-corrected chi connectivity index (χ2v) is 16.1. The minimum absolute atomic E-state index is 0.119. The molecule has 0 N–H and O–H groups in total. The van der Waals surface area contributed by atoms with Crippen LogP contribution < -0.4 is 0 Å². The Kier molecular flexibility index (Phi) is 8.20. The first kappa shape index (κ1) is 34.8. The highest BCUT2D eigenvalue weighted by Gasteiger charge is 2.38. The van der Waals surface area contributed by atoms with E-state index in [4.69, 9.17) is 9.97 Å². The molecule has 0 amide bonds. The maximum atomic E-state index is 5.33. The standard InChI is InChI=1S/C57H40N2/c1-57(2)50-27-15-26-49(55(50)54-43-22-10-9-18-39(43)32-35-51(54)57)46-33-34-48(45-24-13-12-23-44(45)46)53-36-52(58-56(59-53)41-19-7-4-8-20-41)47-25-14-11-21-42(47)40-30-28-38(29-31-40)37-16-5-3-6-17-37/h3-36H,1-2H3. The van der Waals surface area contributed by atoms with Crippen molar-refractivity contribution in [2.24, 2.45) is 0 Å². The van der Waals surface area contributed by atoms with Crippen LogP contribution in [0.4, 0.5) is 0 Å². The van der Waals surface area contributed by atoms with Gasteiger partial charge in [0.15, 0.2) is 5.82 Å². The van der Waals surface area contributed by atoms with Gasteiger partial charge in [-0.1, -0.05) is 214 Å². The van der Waals surface area contributed by atoms with Gasteiger partial charge in [0.2, 0.25) is 0 Å². The maximum Gasteiger partial charge on any atom is 0.160 e. The third kappa shape index (κ3) is 5.79. The van der Waals surface area contributed by atoms with E-state index in [0.29, 0.717) is 5.82 Å². The largest absolute Gasteiger partial charge is 0.228 e. The first-order valence-corrected chi connectivity index (χ1v) is 20.4. The summed E-state index contributed by atoms with van der Waals surface area (Å²) in [6.45, 7) is 4.73. The molecule has 0 spiro atoms. The van der Waals surface area contributed by atoms with Gasteiger partial charge in [0.1, 0.15) is 0 Å². The molecule has 1 aliphatic carbocycles. The van der Waals surface area contributed by atoms with E-state index in [1.807, 2.05) is 6.07 Å². The molecule has 278 valence electrons. The fourth-order valence-corrected chi connectivity index (χ4v) is 9.40. The van der Waals surface area contributed by atoms with Gasteiger partial charge in [-0.3, -0.25) is 0 Å². The van der Waals surface area contributed by atoms with Gasteiger partial charge in [0.05, 0.1) is 11.4 Å². The van der Waals surface area contributed by atoms with Crippen molar-refractivity contribution in [3.63, 3.8) is 0 Å². The predicted molar refractivity (Wildman–Crippen MR) is 247 cm³/mol. The zero-order valence-electron chi connectivity index (χ0n) is 33.0. The summed E-state index contributed by atoms with van der Waals surface area (Å²) in [6.07, 6.45) is 0. The number of aromatic nitrogens is 2. The number of hydrogen-bond donors (Lipinski definition) is 0. The van der Waals surface area contributed by atoms with Crippen molar-refractivity contribution in [2.75, 3.05) is 0 Å². The van der Waals surface area contributed by atoms with Crippen LogP contribution in [0.25, 0.3) is 100.0 Å². The lowest BCUT2D eigenvalue weighted by atomic mass is 9.81. The maximum absolute atomic E-state index is 5.33. The molecular formula is C57H40N2. The summed E-state index contributed by atoms with van der Waals surface area (Å²) in [5.41, 5.74) is 17.4. The second kappa shape index (κ2) is 13.9. The van der Waals surface area contributed by atoms with Crippen molar-refractivity contribution in [1.82, 2.24) is 9.97 Å². The summed E-state index contributed by atoms with van der Waals surface area (Å²) < 4.78 is 0. The van der Waals surface area contributed by atoms with Crippen LogP contribution in [0, 0.1) is 0 Å². The average Bonchev–Trinajstić information content (AvgIpc) is 3.55. The van der Waals surface area contributed by atoms with Crippen LogP contribution >= 0.6 is 0 Å². The fraction of sp³-hybridized carbons (Fsp3) is 0.0526. The van der Waals surface area contributed by atoms with Crippen molar-refractivity contribution in [1.29, 1.82) is 0 Å². The molecule has 11 rings (SSSR count). The van der Waals surface area contributed by atoms with E-state index in [9.17, 15) is 0 Å². The van der Waals surface area contributed by atoms with Gasteiger partial charge >= 0.3 is 0 Å². The quantitative estimate of drug-likeness (QED) is 0.169. The highest BCUT2D eigenvalue weighted by Crippen LogP contribution is 2.55. The number of rotatable bonds is 6. The van der Waals surface area contributed by atoms with Crippen molar-refractivity contribution < 1.29 is 0 Å². The third-order valence-electron chi connectivity index (χ3n) is 12.3. The summed E-state index contributed by atoms with van der Waals surface area (Å²) in [6, 6.07) is 74.2. The zero-order chi connectivity index (χ0) is 39.5. The summed E-state index contributed by atoms with van der Waals surface area (Å²) >= 11 is 0. The molecule has 0 radical (unpaired) electrons. The van der Waals surface area contributed by atoms with E-state index in [2.05, 4.69) is 214 Å². The molecule has 2 heteroatoms. The molecule has 0 fully saturated rings. The third-order valence-corrected chi connectivity index (χ3v) is 12.3. The molecule has 2 nitrogen and oxygen atoms in total. The van der Waals surface area contributed by atoms with Crippen molar-refractivity contribution >= 4 is 21.5 Å². The van der Waals surface area contributed by atoms with Gasteiger partial charge in [0, 0.05) is 22.1 Å². The van der Waals surface area contributed by atoms with Crippen LogP contribution in [0.5, 0.6) is 0 Å². The van der Waals surface area contributed by atoms with Gasteiger partial charge < -0.3 is 0 Å². The van der Waals surface area contributed by atoms with E-state index >= 15 is 0 Å². The predicted octanol–water partition coefficient (Wildman–Crippen LogP) is 15.1. The number of benzene rings is 9. The molecule has 0 aliphatic heterocycles. The summed E-state index contributed by atoms with van der Waals surface area (Å²) in [4.78, 5) is 10.6. The van der Waals surface area contributed by atoms with Gasteiger partial charge in [-0.25, -0.2) is 9.97 Å². The topological polar surface area (TPSA) is 25.8 Å². The molecule has 10 aromatic rings. The molecule has 0 saturated heterocycles. The summed E-state index contributed by atoms with van der Waals surface area (Å²) in [5.74, 6) is 0.701. The van der Waals surface area contributed by atoms with E-state index < -0.39 is 0 Å². The van der Waals surface area contributed by atoms with E-state index in [1.165, 1.54) is 60.7 Å². The first-order valence-electron chi connectivity index (χ1n) is 20.4. The molecule has 1 heterocycles. The Morgan fingerprint density at radius 3 is 1.59 bits per heavy atom. The monoisotopic (exact) mass is 752 g/mol. The van der Waals surface area contributed by atoms with Gasteiger partial charge in [-0.05, 0) is 83.2 Å². The molecule has 0 bridgehead atoms. The Bertz CT molecular complexity index is 3220. The second-order valence-electron chi connectivity index (χ2n) is 16.1. The van der Waals surface area contributed by atoms with Crippen molar-refractivity contribution in [3.8, 4) is 78.4 Å². The number of fused-ring (bicyclic) bond motifs is 6. The smallest absolute Gasteiger partial charge is 0.160 e. The minimum Gasteiger partial charge on any atom is -0.228 e. The molecule has 1 aliphatic rings. The van der Waals surface area contributed by atoms with E-state index in [-0.39, 0.29) is 5.41 Å². The first-order chi connectivity index (χ1) is 29.0.